The molecule has 3 heteroatoms. The van der Waals surface area contributed by atoms with Crippen molar-refractivity contribution >= 4 is 43.0 Å². The zero-order chi connectivity index (χ0) is 5.41. The standard InChI is InChI=1S/2C2H5Cl.Ga/c2*1-2-3;/h2*2H2,1H3;. The molecule has 0 saturated carbocycles. The molecule has 0 heterocycles. The van der Waals surface area contributed by atoms with E-state index in [0.717, 1.165) is 11.8 Å². The van der Waals surface area contributed by atoms with E-state index in [1.807, 2.05) is 13.8 Å². The predicted molar refractivity (Wildman–Crippen MR) is 38.5 cm³/mol. The van der Waals surface area contributed by atoms with Crippen LogP contribution in [0.4, 0.5) is 0 Å². The maximum absolute atomic E-state index is 5.00. The van der Waals surface area contributed by atoms with Crippen LogP contribution in [0.2, 0.25) is 0 Å². The van der Waals surface area contributed by atoms with Crippen LogP contribution in [0.25, 0.3) is 0 Å². The maximum atomic E-state index is 5.00. The van der Waals surface area contributed by atoms with Gasteiger partial charge in [0.2, 0.25) is 0 Å². The average Bonchev–Trinajstić information content (AvgIpc) is 1.39. The minimum atomic E-state index is 0. The van der Waals surface area contributed by atoms with Crippen LogP contribution in [-0.2, 0) is 0 Å². The van der Waals surface area contributed by atoms with E-state index in [4.69, 9.17) is 23.2 Å². The summed E-state index contributed by atoms with van der Waals surface area (Å²) >= 11 is 10.00. The zero-order valence-corrected chi connectivity index (χ0v) is 8.68. The molecular weight excluding hydrogens is 189 g/mol. The van der Waals surface area contributed by atoms with Crippen LogP contribution >= 0.6 is 23.2 Å². The van der Waals surface area contributed by atoms with Crippen LogP contribution in [0.5, 0.6) is 0 Å². The van der Waals surface area contributed by atoms with Gasteiger partial charge in [0.1, 0.15) is 0 Å². The van der Waals surface area contributed by atoms with Crippen molar-refractivity contribution in [3.8, 4) is 0 Å². The van der Waals surface area contributed by atoms with E-state index in [2.05, 4.69) is 0 Å². The van der Waals surface area contributed by atoms with Crippen LogP contribution in [0.1, 0.15) is 13.8 Å². The fourth-order valence-corrected chi connectivity index (χ4v) is 0. The molecule has 43 valence electrons. The van der Waals surface area contributed by atoms with Gasteiger partial charge in [0, 0.05) is 31.6 Å². The van der Waals surface area contributed by atoms with Gasteiger partial charge >= 0.3 is 0 Å². The van der Waals surface area contributed by atoms with E-state index in [9.17, 15) is 0 Å². The van der Waals surface area contributed by atoms with Gasteiger partial charge in [-0.25, -0.2) is 0 Å². The molecule has 0 aliphatic rings. The van der Waals surface area contributed by atoms with Gasteiger partial charge in [-0.3, -0.25) is 0 Å². The van der Waals surface area contributed by atoms with Gasteiger partial charge in [-0.05, 0) is 0 Å². The van der Waals surface area contributed by atoms with Crippen molar-refractivity contribution in [1.29, 1.82) is 0 Å². The number of alkyl halides is 2. The molecule has 0 aliphatic carbocycles. The first-order valence-corrected chi connectivity index (χ1v) is 3.02. The van der Waals surface area contributed by atoms with Gasteiger partial charge in [-0.15, -0.1) is 23.2 Å². The molecule has 0 unspecified atom stereocenters. The molecule has 0 nitrogen and oxygen atoms in total. The van der Waals surface area contributed by atoms with Gasteiger partial charge in [-0.2, -0.15) is 0 Å². The molecular formula is C4H10Cl2Ga. The Kier molecular flexibility index (Phi) is 60.6. The van der Waals surface area contributed by atoms with Crippen LogP contribution in [0.15, 0.2) is 0 Å². The number of hydrogen-bond donors (Lipinski definition) is 0. The van der Waals surface area contributed by atoms with Crippen LogP contribution in [0.3, 0.4) is 0 Å². The molecule has 0 bridgehead atoms. The largest absolute Gasteiger partial charge is 0.127 e. The minimum Gasteiger partial charge on any atom is -0.127 e. The first-order valence-electron chi connectivity index (χ1n) is 1.95. The summed E-state index contributed by atoms with van der Waals surface area (Å²) < 4.78 is 0. The third-order valence-electron chi connectivity index (χ3n) is 0. The molecule has 0 aliphatic heterocycles. The Bertz CT molecular complexity index is 11.7. The Labute approximate surface area is 68.6 Å². The Hall–Kier alpha value is 1.22. The van der Waals surface area contributed by atoms with E-state index < -0.39 is 0 Å². The topological polar surface area (TPSA) is 0 Å². The van der Waals surface area contributed by atoms with Gasteiger partial charge in [0.05, 0.1) is 0 Å². The second-order valence-corrected chi connectivity index (χ2v) is 1.60. The molecule has 0 spiro atoms. The van der Waals surface area contributed by atoms with Gasteiger partial charge in [0.15, 0.2) is 0 Å². The Balaban J connectivity index is -0.0000000400. The summed E-state index contributed by atoms with van der Waals surface area (Å²) in [5.41, 5.74) is 0. The van der Waals surface area contributed by atoms with E-state index in [-0.39, 0.29) is 19.8 Å². The average molecular weight is 199 g/mol. The van der Waals surface area contributed by atoms with Crippen molar-refractivity contribution in [2.45, 2.75) is 13.8 Å². The second kappa shape index (κ2) is 27.0. The molecule has 0 fully saturated rings. The van der Waals surface area contributed by atoms with Crippen molar-refractivity contribution in [3.05, 3.63) is 0 Å². The normalized spacial score (nSPS) is 5.14. The maximum Gasteiger partial charge on any atom is 0.0195 e. The zero-order valence-electron chi connectivity index (χ0n) is 4.75. The SMILES string of the molecule is CCCl.CCCl.[Ga]. The Morgan fingerprint density at radius 1 is 1.00 bits per heavy atom. The number of rotatable bonds is 0. The summed E-state index contributed by atoms with van der Waals surface area (Å²) in [7, 11) is 0. The predicted octanol–water partition coefficient (Wildman–Crippen LogP) is 2.11. The molecule has 0 saturated heterocycles. The summed E-state index contributed by atoms with van der Waals surface area (Å²) in [5.74, 6) is 1.44. The van der Waals surface area contributed by atoms with E-state index in [1.165, 1.54) is 0 Å². The third-order valence-corrected chi connectivity index (χ3v) is 0. The number of halogens is 2. The van der Waals surface area contributed by atoms with Gasteiger partial charge in [-0.1, -0.05) is 13.8 Å². The summed E-state index contributed by atoms with van der Waals surface area (Å²) in [5, 5.41) is 0. The van der Waals surface area contributed by atoms with E-state index in [1.54, 1.807) is 0 Å². The third kappa shape index (κ3) is 133. The minimum absolute atomic E-state index is 0. The summed E-state index contributed by atoms with van der Waals surface area (Å²) in [4.78, 5) is 0. The van der Waals surface area contributed by atoms with Crippen molar-refractivity contribution in [3.63, 3.8) is 0 Å². The molecule has 0 rings (SSSR count). The first kappa shape index (κ1) is 15.7. The quantitative estimate of drug-likeness (QED) is 0.413. The molecule has 0 aromatic heterocycles. The molecule has 0 aromatic rings. The van der Waals surface area contributed by atoms with Crippen molar-refractivity contribution < 1.29 is 0 Å². The molecule has 0 N–H and O–H groups in total. The van der Waals surface area contributed by atoms with Crippen LogP contribution in [0, 0.1) is 0 Å². The summed E-state index contributed by atoms with van der Waals surface area (Å²) in [6.45, 7) is 3.78. The van der Waals surface area contributed by atoms with Crippen molar-refractivity contribution in [1.82, 2.24) is 0 Å². The molecule has 7 heavy (non-hydrogen) atoms. The fraction of sp³-hybridized carbons (Fsp3) is 1.00. The smallest absolute Gasteiger partial charge is 0.0195 e. The first-order chi connectivity index (χ1) is 2.83. The summed E-state index contributed by atoms with van der Waals surface area (Å²) in [6.07, 6.45) is 0. The Morgan fingerprint density at radius 3 is 1.00 bits per heavy atom. The van der Waals surface area contributed by atoms with Gasteiger partial charge in [0.25, 0.3) is 0 Å². The van der Waals surface area contributed by atoms with Crippen LogP contribution < -0.4 is 0 Å². The summed E-state index contributed by atoms with van der Waals surface area (Å²) in [6, 6.07) is 0. The molecule has 3 radical (unpaired) electrons. The van der Waals surface area contributed by atoms with Gasteiger partial charge < -0.3 is 0 Å². The monoisotopic (exact) mass is 197 g/mol. The second-order valence-electron chi connectivity index (χ2n) is 0.535. The fourth-order valence-electron chi connectivity index (χ4n) is 0. The molecule has 0 atom stereocenters. The van der Waals surface area contributed by atoms with Crippen molar-refractivity contribution in [2.75, 3.05) is 11.8 Å². The molecule has 0 amide bonds. The molecule has 0 aromatic carbocycles. The number of hydrogen-bond acceptors (Lipinski definition) is 0. The van der Waals surface area contributed by atoms with E-state index >= 15 is 0 Å². The van der Waals surface area contributed by atoms with Crippen LogP contribution in [-0.4, -0.2) is 31.6 Å². The Morgan fingerprint density at radius 2 is 1.00 bits per heavy atom. The van der Waals surface area contributed by atoms with Crippen molar-refractivity contribution in [2.24, 2.45) is 0 Å². The van der Waals surface area contributed by atoms with E-state index in [0.29, 0.717) is 0 Å².